The molecular weight excluding hydrogens is 182 g/mol. The quantitative estimate of drug-likeness (QED) is 0.583. The van der Waals surface area contributed by atoms with E-state index < -0.39 is 0 Å². The van der Waals surface area contributed by atoms with Crippen LogP contribution in [0.25, 0.3) is 0 Å². The van der Waals surface area contributed by atoms with Crippen molar-refractivity contribution in [3.63, 3.8) is 0 Å². The zero-order chi connectivity index (χ0) is 10.6. The van der Waals surface area contributed by atoms with E-state index in [9.17, 15) is 9.59 Å². The Bertz CT molecular complexity index is 220. The highest BCUT2D eigenvalue weighted by Crippen LogP contribution is 2.15. The second-order valence-corrected chi connectivity index (χ2v) is 3.73. The smallest absolute Gasteiger partial charge is 0.236 e. The van der Waals surface area contributed by atoms with Gasteiger partial charge in [0.1, 0.15) is 0 Å². The number of hydrogen-bond acceptors (Lipinski definition) is 3. The lowest BCUT2D eigenvalue weighted by Crippen LogP contribution is -2.36. The van der Waals surface area contributed by atoms with Gasteiger partial charge in [-0.25, -0.2) is 0 Å². The summed E-state index contributed by atoms with van der Waals surface area (Å²) in [6.07, 6.45) is 1.84. The van der Waals surface area contributed by atoms with E-state index in [1.807, 2.05) is 0 Å². The van der Waals surface area contributed by atoms with Crippen LogP contribution >= 0.6 is 0 Å². The van der Waals surface area contributed by atoms with Crippen LogP contribution in [0.4, 0.5) is 0 Å². The third kappa shape index (κ3) is 2.70. The van der Waals surface area contributed by atoms with E-state index in [-0.39, 0.29) is 12.5 Å². The van der Waals surface area contributed by atoms with Gasteiger partial charge in [-0.05, 0) is 12.3 Å². The van der Waals surface area contributed by atoms with Crippen molar-refractivity contribution < 1.29 is 9.59 Å². The first kappa shape index (κ1) is 11.0. The molecule has 0 radical (unpaired) electrons. The summed E-state index contributed by atoms with van der Waals surface area (Å²) in [6.45, 7) is 2.31. The molecule has 1 aliphatic rings. The number of carbonyl (C=O) groups is 2. The van der Waals surface area contributed by atoms with Crippen molar-refractivity contribution in [2.24, 2.45) is 11.7 Å². The highest BCUT2D eigenvalue weighted by atomic mass is 16.2. The summed E-state index contributed by atoms with van der Waals surface area (Å²) in [5.74, 6) is 0.357. The zero-order valence-electron chi connectivity index (χ0n) is 8.48. The van der Waals surface area contributed by atoms with Crippen molar-refractivity contribution in [3.8, 4) is 0 Å². The molecule has 0 saturated carbocycles. The summed E-state index contributed by atoms with van der Waals surface area (Å²) < 4.78 is 0. The summed E-state index contributed by atoms with van der Waals surface area (Å²) in [5.41, 5.74) is 5.24. The number of rotatable bonds is 4. The summed E-state index contributed by atoms with van der Waals surface area (Å²) in [7, 11) is 1.75. The third-order valence-electron chi connectivity index (χ3n) is 2.60. The van der Waals surface area contributed by atoms with E-state index >= 15 is 0 Å². The number of likely N-dealkylation sites (N-methyl/N-ethyl adjacent to an activating group) is 1. The normalized spacial score (nSPS) is 21.0. The predicted molar refractivity (Wildman–Crippen MR) is 52.4 cm³/mol. The van der Waals surface area contributed by atoms with Crippen LogP contribution in [0.1, 0.15) is 6.42 Å². The topological polar surface area (TPSA) is 66.6 Å². The molecule has 0 bridgehead atoms. The Morgan fingerprint density at radius 3 is 2.93 bits per heavy atom. The second kappa shape index (κ2) is 4.95. The van der Waals surface area contributed by atoms with Gasteiger partial charge in [0.25, 0.3) is 0 Å². The Morgan fingerprint density at radius 1 is 1.71 bits per heavy atom. The number of nitrogens with zero attached hydrogens (tertiary/aromatic N) is 2. The molecule has 5 heteroatoms. The molecule has 1 heterocycles. The average molecular weight is 199 g/mol. The van der Waals surface area contributed by atoms with E-state index in [4.69, 9.17) is 5.73 Å². The van der Waals surface area contributed by atoms with Crippen LogP contribution in [0.2, 0.25) is 0 Å². The molecule has 5 nitrogen and oxygen atoms in total. The number of hydrogen-bond donors (Lipinski definition) is 1. The minimum Gasteiger partial charge on any atom is -0.345 e. The second-order valence-electron chi connectivity index (χ2n) is 3.73. The van der Waals surface area contributed by atoms with Crippen LogP contribution in [0.3, 0.4) is 0 Å². The Hall–Kier alpha value is -1.10. The first-order chi connectivity index (χ1) is 6.67. The molecule has 1 unspecified atom stereocenters. The van der Waals surface area contributed by atoms with Crippen molar-refractivity contribution >= 4 is 12.3 Å². The van der Waals surface area contributed by atoms with Crippen LogP contribution in [0, 0.1) is 5.92 Å². The molecule has 2 N–H and O–H groups in total. The summed E-state index contributed by atoms with van der Waals surface area (Å²) in [4.78, 5) is 25.0. The van der Waals surface area contributed by atoms with Gasteiger partial charge in [0.2, 0.25) is 12.3 Å². The molecule has 1 aliphatic heterocycles. The van der Waals surface area contributed by atoms with E-state index in [0.29, 0.717) is 12.5 Å². The van der Waals surface area contributed by atoms with E-state index in [1.165, 1.54) is 0 Å². The fourth-order valence-corrected chi connectivity index (χ4v) is 1.75. The van der Waals surface area contributed by atoms with Gasteiger partial charge in [0.05, 0.1) is 6.54 Å². The molecule has 1 fully saturated rings. The highest BCUT2D eigenvalue weighted by Gasteiger charge is 2.23. The lowest BCUT2D eigenvalue weighted by Gasteiger charge is -2.20. The summed E-state index contributed by atoms with van der Waals surface area (Å²) in [6, 6.07) is 0. The van der Waals surface area contributed by atoms with Crippen LogP contribution in [-0.4, -0.2) is 55.3 Å². The van der Waals surface area contributed by atoms with Crippen LogP contribution in [0.15, 0.2) is 0 Å². The molecular formula is C9H17N3O2. The minimum absolute atomic E-state index is 0.0467. The standard InChI is InChI=1S/C9H17N3O2/c1-11(9(14)4-10)5-8-2-3-12(6-8)7-13/h7-8H,2-6,10H2,1H3. The highest BCUT2D eigenvalue weighted by molar-refractivity contribution is 5.77. The lowest BCUT2D eigenvalue weighted by atomic mass is 10.1. The molecule has 0 aromatic carbocycles. The van der Waals surface area contributed by atoms with Gasteiger partial charge in [-0.3, -0.25) is 9.59 Å². The van der Waals surface area contributed by atoms with Crippen molar-refractivity contribution in [2.45, 2.75) is 6.42 Å². The van der Waals surface area contributed by atoms with Gasteiger partial charge in [-0.15, -0.1) is 0 Å². The van der Waals surface area contributed by atoms with Gasteiger partial charge in [-0.2, -0.15) is 0 Å². The SMILES string of the molecule is CN(CC1CCN(C=O)C1)C(=O)CN. The number of nitrogens with two attached hydrogens (primary N) is 1. The molecule has 0 aromatic heterocycles. The number of likely N-dealkylation sites (tertiary alicyclic amines) is 1. The Labute approximate surface area is 83.8 Å². The van der Waals surface area contributed by atoms with Gasteiger partial charge < -0.3 is 15.5 Å². The molecule has 80 valence electrons. The van der Waals surface area contributed by atoms with E-state index in [2.05, 4.69) is 0 Å². The fourth-order valence-electron chi connectivity index (χ4n) is 1.75. The van der Waals surface area contributed by atoms with Crippen molar-refractivity contribution in [1.29, 1.82) is 0 Å². The molecule has 0 spiro atoms. The molecule has 14 heavy (non-hydrogen) atoms. The van der Waals surface area contributed by atoms with Gasteiger partial charge in [0.15, 0.2) is 0 Å². The van der Waals surface area contributed by atoms with Crippen molar-refractivity contribution in [2.75, 3.05) is 33.2 Å². The maximum absolute atomic E-state index is 11.2. The van der Waals surface area contributed by atoms with Crippen LogP contribution < -0.4 is 5.73 Å². The summed E-state index contributed by atoms with van der Waals surface area (Å²) in [5, 5.41) is 0. The van der Waals surface area contributed by atoms with E-state index in [1.54, 1.807) is 16.8 Å². The Kier molecular flexibility index (Phi) is 3.88. The molecule has 2 amide bonds. The third-order valence-corrected chi connectivity index (χ3v) is 2.60. The Balaban J connectivity index is 2.31. The first-order valence-electron chi connectivity index (χ1n) is 4.80. The largest absolute Gasteiger partial charge is 0.345 e. The lowest BCUT2D eigenvalue weighted by molar-refractivity contribution is -0.128. The molecule has 0 aliphatic carbocycles. The maximum atomic E-state index is 11.2. The number of carbonyl (C=O) groups excluding carboxylic acids is 2. The minimum atomic E-state index is -0.0467. The van der Waals surface area contributed by atoms with Gasteiger partial charge in [0, 0.05) is 26.7 Å². The molecule has 1 saturated heterocycles. The van der Waals surface area contributed by atoms with Gasteiger partial charge in [-0.1, -0.05) is 0 Å². The van der Waals surface area contributed by atoms with Crippen molar-refractivity contribution in [3.05, 3.63) is 0 Å². The number of amides is 2. The maximum Gasteiger partial charge on any atom is 0.236 e. The van der Waals surface area contributed by atoms with Crippen LogP contribution in [0.5, 0.6) is 0 Å². The molecule has 0 aromatic rings. The van der Waals surface area contributed by atoms with Crippen LogP contribution in [-0.2, 0) is 9.59 Å². The predicted octanol–water partition coefficient (Wildman–Crippen LogP) is -1.12. The molecule has 1 atom stereocenters. The Morgan fingerprint density at radius 2 is 2.43 bits per heavy atom. The first-order valence-corrected chi connectivity index (χ1v) is 4.80. The van der Waals surface area contributed by atoms with Gasteiger partial charge >= 0.3 is 0 Å². The average Bonchev–Trinajstić information content (AvgIpc) is 2.64. The zero-order valence-corrected chi connectivity index (χ0v) is 8.48. The fraction of sp³-hybridized carbons (Fsp3) is 0.778. The molecule has 1 rings (SSSR count). The monoisotopic (exact) mass is 199 g/mol. The summed E-state index contributed by atoms with van der Waals surface area (Å²) >= 11 is 0. The van der Waals surface area contributed by atoms with E-state index in [0.717, 1.165) is 25.9 Å². The van der Waals surface area contributed by atoms with Crippen molar-refractivity contribution in [1.82, 2.24) is 9.80 Å².